The number of carboxylic acid groups (broad SMARTS) is 1. The van der Waals surface area contributed by atoms with Crippen molar-refractivity contribution in [1.29, 1.82) is 0 Å². The van der Waals surface area contributed by atoms with E-state index < -0.39 is 5.97 Å². The smallest absolute Gasteiger partial charge is 0.308 e. The third kappa shape index (κ3) is 2.89. The van der Waals surface area contributed by atoms with E-state index in [1.54, 1.807) is 7.11 Å². The Labute approximate surface area is 114 Å². The second kappa shape index (κ2) is 5.61. The Morgan fingerprint density at radius 2 is 2.21 bits per heavy atom. The van der Waals surface area contributed by atoms with Crippen LogP contribution in [0.5, 0.6) is 5.75 Å². The first-order valence-electron chi connectivity index (χ1n) is 6.63. The molecule has 1 aliphatic rings. The number of benzene rings is 1. The molecule has 2 rings (SSSR count). The van der Waals surface area contributed by atoms with E-state index >= 15 is 0 Å². The molecule has 0 aromatic heterocycles. The summed E-state index contributed by atoms with van der Waals surface area (Å²) >= 11 is 0. The predicted octanol–water partition coefficient (Wildman–Crippen LogP) is 2.41. The molecule has 1 aromatic rings. The van der Waals surface area contributed by atoms with Gasteiger partial charge >= 0.3 is 5.97 Å². The van der Waals surface area contributed by atoms with Crippen molar-refractivity contribution in [2.45, 2.75) is 19.9 Å². The number of methoxy groups -OCH3 is 1. The van der Waals surface area contributed by atoms with Crippen LogP contribution in [0.1, 0.15) is 25.5 Å². The van der Waals surface area contributed by atoms with Crippen molar-refractivity contribution < 1.29 is 14.6 Å². The second-order valence-corrected chi connectivity index (χ2v) is 5.33. The third-order valence-corrected chi connectivity index (χ3v) is 4.08. The number of likely N-dealkylation sites (tertiary alicyclic amines) is 1. The van der Waals surface area contributed by atoms with Crippen LogP contribution < -0.4 is 4.74 Å². The number of hydrogen-bond donors (Lipinski definition) is 1. The molecule has 0 aliphatic carbocycles. The lowest BCUT2D eigenvalue weighted by Gasteiger charge is -2.24. The van der Waals surface area contributed by atoms with Gasteiger partial charge in [-0.3, -0.25) is 9.69 Å². The second-order valence-electron chi connectivity index (χ2n) is 5.33. The fourth-order valence-electron chi connectivity index (χ4n) is 2.75. The van der Waals surface area contributed by atoms with Gasteiger partial charge in [0, 0.05) is 19.1 Å². The van der Waals surface area contributed by atoms with Crippen molar-refractivity contribution in [2.24, 2.45) is 11.8 Å². The lowest BCUT2D eigenvalue weighted by Crippen LogP contribution is -2.26. The first kappa shape index (κ1) is 13.9. The van der Waals surface area contributed by atoms with Gasteiger partial charge in [0.25, 0.3) is 0 Å². The lowest BCUT2D eigenvalue weighted by atomic mass is 9.99. The molecule has 1 fully saturated rings. The van der Waals surface area contributed by atoms with Crippen molar-refractivity contribution in [3.05, 3.63) is 29.8 Å². The summed E-state index contributed by atoms with van der Waals surface area (Å²) in [5.74, 6) is 0.0952. The van der Waals surface area contributed by atoms with Gasteiger partial charge in [0.15, 0.2) is 0 Å². The standard InChI is InChI=1S/C15H21NO3/c1-10-8-16(9-14(10)15(17)18)11(2)12-5-4-6-13(7-12)19-3/h4-7,10-11,14H,8-9H2,1-3H3,(H,17,18)/t10-,11?,14-/m1/s1. The van der Waals surface area contributed by atoms with Crippen LogP contribution in [-0.4, -0.2) is 36.2 Å². The largest absolute Gasteiger partial charge is 0.497 e. The number of aliphatic carboxylic acids is 1. The monoisotopic (exact) mass is 263 g/mol. The Morgan fingerprint density at radius 3 is 2.79 bits per heavy atom. The zero-order valence-electron chi connectivity index (χ0n) is 11.7. The maximum Gasteiger partial charge on any atom is 0.308 e. The van der Waals surface area contributed by atoms with Crippen LogP contribution in [0.15, 0.2) is 24.3 Å². The van der Waals surface area contributed by atoms with Crippen LogP contribution in [0.3, 0.4) is 0 Å². The third-order valence-electron chi connectivity index (χ3n) is 4.08. The van der Waals surface area contributed by atoms with Gasteiger partial charge in [-0.25, -0.2) is 0 Å². The Hall–Kier alpha value is -1.55. The number of rotatable bonds is 4. The van der Waals surface area contributed by atoms with Crippen LogP contribution in [0, 0.1) is 11.8 Å². The fourth-order valence-corrected chi connectivity index (χ4v) is 2.75. The highest BCUT2D eigenvalue weighted by molar-refractivity contribution is 5.71. The topological polar surface area (TPSA) is 49.8 Å². The zero-order valence-corrected chi connectivity index (χ0v) is 11.7. The van der Waals surface area contributed by atoms with E-state index in [0.717, 1.165) is 17.9 Å². The molecule has 1 saturated heterocycles. The van der Waals surface area contributed by atoms with E-state index in [-0.39, 0.29) is 17.9 Å². The SMILES string of the molecule is COc1cccc(C(C)N2C[C@@H](C)[C@H](C(=O)O)C2)c1. The van der Waals surface area contributed by atoms with Crippen LogP contribution >= 0.6 is 0 Å². The Morgan fingerprint density at radius 1 is 1.47 bits per heavy atom. The average Bonchev–Trinajstić information content (AvgIpc) is 2.80. The molecule has 104 valence electrons. The average molecular weight is 263 g/mol. The summed E-state index contributed by atoms with van der Waals surface area (Å²) < 4.78 is 5.24. The maximum atomic E-state index is 11.2. The van der Waals surface area contributed by atoms with Crippen LogP contribution in [0.2, 0.25) is 0 Å². The van der Waals surface area contributed by atoms with E-state index in [1.807, 2.05) is 25.1 Å². The molecule has 1 heterocycles. The highest BCUT2D eigenvalue weighted by Crippen LogP contribution is 2.32. The first-order chi connectivity index (χ1) is 9.02. The van der Waals surface area contributed by atoms with E-state index in [9.17, 15) is 9.90 Å². The van der Waals surface area contributed by atoms with Crippen LogP contribution in [0.4, 0.5) is 0 Å². The van der Waals surface area contributed by atoms with Crippen molar-refractivity contribution in [2.75, 3.05) is 20.2 Å². The Balaban J connectivity index is 2.12. The van der Waals surface area contributed by atoms with Gasteiger partial charge in [0.2, 0.25) is 0 Å². The van der Waals surface area contributed by atoms with E-state index in [4.69, 9.17) is 4.74 Å². The minimum Gasteiger partial charge on any atom is -0.497 e. The highest BCUT2D eigenvalue weighted by atomic mass is 16.5. The Kier molecular flexibility index (Phi) is 4.10. The van der Waals surface area contributed by atoms with E-state index in [0.29, 0.717) is 6.54 Å². The predicted molar refractivity (Wildman–Crippen MR) is 73.3 cm³/mol. The lowest BCUT2D eigenvalue weighted by molar-refractivity contribution is -0.142. The van der Waals surface area contributed by atoms with Crippen LogP contribution in [-0.2, 0) is 4.79 Å². The van der Waals surface area contributed by atoms with Gasteiger partial charge in [-0.05, 0) is 30.5 Å². The molecule has 0 amide bonds. The van der Waals surface area contributed by atoms with Gasteiger partial charge in [-0.1, -0.05) is 19.1 Å². The molecule has 0 spiro atoms. The molecule has 1 N–H and O–H groups in total. The summed E-state index contributed by atoms with van der Waals surface area (Å²) in [6.07, 6.45) is 0. The molecule has 1 aliphatic heterocycles. The Bertz CT molecular complexity index is 460. The van der Waals surface area contributed by atoms with Crippen molar-refractivity contribution >= 4 is 5.97 Å². The summed E-state index contributed by atoms with van der Waals surface area (Å²) in [6.45, 7) is 5.58. The van der Waals surface area contributed by atoms with Crippen LogP contribution in [0.25, 0.3) is 0 Å². The van der Waals surface area contributed by atoms with Gasteiger partial charge < -0.3 is 9.84 Å². The molecule has 1 unspecified atom stereocenters. The van der Waals surface area contributed by atoms with Gasteiger partial charge in [-0.2, -0.15) is 0 Å². The molecule has 4 heteroatoms. The fraction of sp³-hybridized carbons (Fsp3) is 0.533. The van der Waals surface area contributed by atoms with Crippen molar-refractivity contribution in [1.82, 2.24) is 4.90 Å². The summed E-state index contributed by atoms with van der Waals surface area (Å²) in [6, 6.07) is 8.18. The quantitative estimate of drug-likeness (QED) is 0.906. The maximum absolute atomic E-state index is 11.2. The number of nitrogens with zero attached hydrogens (tertiary/aromatic N) is 1. The molecular formula is C15H21NO3. The number of carbonyl (C=O) groups is 1. The van der Waals surface area contributed by atoms with Crippen molar-refractivity contribution in [3.8, 4) is 5.75 Å². The van der Waals surface area contributed by atoms with E-state index in [1.165, 1.54) is 0 Å². The molecular weight excluding hydrogens is 242 g/mol. The number of ether oxygens (including phenoxy) is 1. The molecule has 4 nitrogen and oxygen atoms in total. The summed E-state index contributed by atoms with van der Waals surface area (Å²) in [5, 5.41) is 9.19. The molecule has 19 heavy (non-hydrogen) atoms. The van der Waals surface area contributed by atoms with E-state index in [2.05, 4.69) is 17.9 Å². The van der Waals surface area contributed by atoms with Gasteiger partial charge in [0.05, 0.1) is 13.0 Å². The summed E-state index contributed by atoms with van der Waals surface area (Å²) in [7, 11) is 1.65. The summed E-state index contributed by atoms with van der Waals surface area (Å²) in [4.78, 5) is 13.4. The van der Waals surface area contributed by atoms with Gasteiger partial charge in [0.1, 0.15) is 5.75 Å². The summed E-state index contributed by atoms with van der Waals surface area (Å²) in [5.41, 5.74) is 1.16. The minimum absolute atomic E-state index is 0.200. The van der Waals surface area contributed by atoms with Gasteiger partial charge in [-0.15, -0.1) is 0 Å². The molecule has 0 saturated carbocycles. The minimum atomic E-state index is -0.687. The van der Waals surface area contributed by atoms with Crippen molar-refractivity contribution in [3.63, 3.8) is 0 Å². The molecule has 0 radical (unpaired) electrons. The number of carboxylic acids is 1. The molecule has 1 aromatic carbocycles. The first-order valence-corrected chi connectivity index (χ1v) is 6.63. The normalized spacial score (nSPS) is 25.2. The number of hydrogen-bond acceptors (Lipinski definition) is 3. The zero-order chi connectivity index (χ0) is 14.0. The molecule has 3 atom stereocenters. The molecule has 0 bridgehead atoms. The highest BCUT2D eigenvalue weighted by Gasteiger charge is 2.36.